The molecule has 1 aromatic carbocycles. The molecule has 0 aliphatic carbocycles. The molecule has 0 radical (unpaired) electrons. The molecule has 22 heavy (non-hydrogen) atoms. The van der Waals surface area contributed by atoms with Gasteiger partial charge in [-0.2, -0.15) is 0 Å². The molecule has 1 aromatic rings. The van der Waals surface area contributed by atoms with Crippen LogP contribution in [0.15, 0.2) is 29.3 Å². The monoisotopic (exact) mass is 420 g/mol. The predicted molar refractivity (Wildman–Crippen MR) is 99.9 cm³/mol. The summed E-state index contributed by atoms with van der Waals surface area (Å²) in [6.45, 7) is 1.77. The smallest absolute Gasteiger partial charge is 0.253 e. The van der Waals surface area contributed by atoms with Crippen LogP contribution in [-0.2, 0) is 11.2 Å². The molecule has 0 aliphatic heterocycles. The molecule has 7 heteroatoms. The summed E-state index contributed by atoms with van der Waals surface area (Å²) in [6.07, 6.45) is 0.773. The summed E-state index contributed by atoms with van der Waals surface area (Å²) in [5, 5.41) is 3.04. The van der Waals surface area contributed by atoms with E-state index >= 15 is 0 Å². The number of carbonyl (C=O) groups excluding carboxylic acids is 1. The number of aliphatic imine (C=N–C) groups is 1. The Morgan fingerprint density at radius 2 is 2.14 bits per heavy atom. The molecule has 0 heterocycles. The van der Waals surface area contributed by atoms with Crippen LogP contribution in [0.25, 0.3) is 0 Å². The maximum Gasteiger partial charge on any atom is 0.253 e. The van der Waals surface area contributed by atoms with Crippen molar-refractivity contribution in [2.45, 2.75) is 6.42 Å². The first kappa shape index (κ1) is 20.6. The number of carbonyl (C=O) groups is 1. The van der Waals surface area contributed by atoms with E-state index in [9.17, 15) is 4.79 Å². The van der Waals surface area contributed by atoms with Crippen molar-refractivity contribution >= 4 is 35.8 Å². The summed E-state index contributed by atoms with van der Waals surface area (Å²) in [7, 11) is 5.11. The average molecular weight is 420 g/mol. The number of methoxy groups -OCH3 is 1. The highest BCUT2D eigenvalue weighted by Crippen LogP contribution is 2.07. The highest BCUT2D eigenvalue weighted by Gasteiger charge is 2.07. The van der Waals surface area contributed by atoms with Crippen molar-refractivity contribution in [3.05, 3.63) is 35.4 Å². The molecule has 124 valence electrons. The van der Waals surface area contributed by atoms with Crippen LogP contribution < -0.4 is 11.1 Å². The Balaban J connectivity index is 0.00000441. The molecule has 0 atom stereocenters. The van der Waals surface area contributed by atoms with Crippen molar-refractivity contribution in [1.29, 1.82) is 0 Å². The van der Waals surface area contributed by atoms with Crippen molar-refractivity contribution < 1.29 is 9.53 Å². The third-order valence-electron chi connectivity index (χ3n) is 2.88. The minimum Gasteiger partial charge on any atom is -0.383 e. The van der Waals surface area contributed by atoms with Crippen LogP contribution in [0, 0.1) is 0 Å². The third-order valence-corrected chi connectivity index (χ3v) is 2.88. The summed E-state index contributed by atoms with van der Waals surface area (Å²) < 4.78 is 4.89. The van der Waals surface area contributed by atoms with Crippen LogP contribution >= 0.6 is 24.0 Å². The lowest BCUT2D eigenvalue weighted by Crippen LogP contribution is -2.33. The molecule has 1 amide bonds. The number of guanidine groups is 1. The second-order valence-corrected chi connectivity index (χ2v) is 4.84. The number of hydrogen-bond acceptors (Lipinski definition) is 3. The maximum atomic E-state index is 11.9. The fourth-order valence-corrected chi connectivity index (χ4v) is 1.77. The highest BCUT2D eigenvalue weighted by molar-refractivity contribution is 14.0. The number of halogens is 1. The van der Waals surface area contributed by atoms with Crippen LogP contribution in [0.2, 0.25) is 0 Å². The summed E-state index contributed by atoms with van der Waals surface area (Å²) in [4.78, 5) is 17.6. The van der Waals surface area contributed by atoms with Crippen molar-refractivity contribution in [3.8, 4) is 0 Å². The predicted octanol–water partition coefficient (Wildman–Crippen LogP) is 1.10. The summed E-state index contributed by atoms with van der Waals surface area (Å²) in [5.74, 6) is 0.415. The van der Waals surface area contributed by atoms with E-state index in [-0.39, 0.29) is 29.9 Å². The van der Waals surface area contributed by atoms with E-state index in [2.05, 4.69) is 10.3 Å². The maximum absolute atomic E-state index is 11.9. The molecule has 0 unspecified atom stereocenters. The van der Waals surface area contributed by atoms with E-state index in [0.717, 1.165) is 12.0 Å². The van der Waals surface area contributed by atoms with E-state index in [4.69, 9.17) is 10.5 Å². The first-order valence-corrected chi connectivity index (χ1v) is 6.88. The van der Waals surface area contributed by atoms with E-state index in [1.54, 1.807) is 26.1 Å². The molecule has 0 aliphatic rings. The van der Waals surface area contributed by atoms with Gasteiger partial charge in [-0.05, 0) is 24.1 Å². The van der Waals surface area contributed by atoms with Gasteiger partial charge in [-0.3, -0.25) is 9.79 Å². The van der Waals surface area contributed by atoms with E-state index in [1.807, 2.05) is 24.3 Å². The summed E-state index contributed by atoms with van der Waals surface area (Å²) >= 11 is 0. The quantitative estimate of drug-likeness (QED) is 0.300. The molecule has 0 aromatic heterocycles. The van der Waals surface area contributed by atoms with Gasteiger partial charge in [-0.1, -0.05) is 12.1 Å². The lowest BCUT2D eigenvalue weighted by molar-refractivity contribution is 0.0827. The highest BCUT2D eigenvalue weighted by atomic mass is 127. The Morgan fingerprint density at radius 3 is 2.77 bits per heavy atom. The van der Waals surface area contributed by atoms with Crippen LogP contribution in [0.4, 0.5) is 0 Å². The molecular formula is C15H25IN4O2. The number of nitrogens with zero attached hydrogens (tertiary/aromatic N) is 2. The van der Waals surface area contributed by atoms with Crippen molar-refractivity contribution in [2.24, 2.45) is 10.7 Å². The fourth-order valence-electron chi connectivity index (χ4n) is 1.77. The van der Waals surface area contributed by atoms with Gasteiger partial charge < -0.3 is 20.7 Å². The van der Waals surface area contributed by atoms with Crippen molar-refractivity contribution in [2.75, 3.05) is 40.9 Å². The zero-order valence-corrected chi connectivity index (χ0v) is 15.7. The van der Waals surface area contributed by atoms with Gasteiger partial charge in [0.1, 0.15) is 0 Å². The standard InChI is InChI=1S/C15H24N4O2.HI/c1-19(2)14(20)13-6-4-5-12(11-13)7-8-17-15(16)18-9-10-21-3;/h4-6,11H,7-10H2,1-3H3,(H3,16,17,18);1H. The molecular weight excluding hydrogens is 395 g/mol. The summed E-state index contributed by atoms with van der Waals surface area (Å²) in [5.41, 5.74) is 7.50. The second kappa shape index (κ2) is 11.2. The Kier molecular flexibility index (Phi) is 10.6. The first-order chi connectivity index (χ1) is 10.0. The Bertz CT molecular complexity index is 492. The number of amides is 1. The van der Waals surface area contributed by atoms with Crippen LogP contribution in [0.1, 0.15) is 15.9 Å². The zero-order valence-electron chi connectivity index (χ0n) is 13.3. The molecule has 3 N–H and O–H groups in total. The topological polar surface area (TPSA) is 80.0 Å². The molecule has 0 bridgehead atoms. The van der Waals surface area contributed by atoms with Gasteiger partial charge in [0.25, 0.3) is 5.91 Å². The molecule has 0 saturated carbocycles. The SMILES string of the molecule is COCCN=C(N)NCCc1cccc(C(=O)N(C)C)c1.I. The molecule has 0 saturated heterocycles. The summed E-state index contributed by atoms with van der Waals surface area (Å²) in [6, 6.07) is 7.61. The fraction of sp³-hybridized carbons (Fsp3) is 0.467. The largest absolute Gasteiger partial charge is 0.383 e. The lowest BCUT2D eigenvalue weighted by atomic mass is 10.1. The van der Waals surface area contributed by atoms with Gasteiger partial charge in [0.2, 0.25) is 0 Å². The number of benzene rings is 1. The third kappa shape index (κ3) is 7.60. The molecule has 1 rings (SSSR count). The van der Waals surface area contributed by atoms with Crippen LogP contribution in [0.5, 0.6) is 0 Å². The Labute approximate surface area is 149 Å². The number of nitrogens with one attached hydrogen (secondary N) is 1. The van der Waals surface area contributed by atoms with E-state index in [0.29, 0.717) is 31.2 Å². The van der Waals surface area contributed by atoms with Gasteiger partial charge in [-0.25, -0.2) is 0 Å². The number of hydrogen-bond donors (Lipinski definition) is 2. The number of ether oxygens (including phenoxy) is 1. The first-order valence-electron chi connectivity index (χ1n) is 6.88. The Hall–Kier alpha value is -1.35. The number of rotatable bonds is 7. The van der Waals surface area contributed by atoms with Crippen LogP contribution in [0.3, 0.4) is 0 Å². The van der Waals surface area contributed by atoms with Crippen molar-refractivity contribution in [3.63, 3.8) is 0 Å². The molecule has 0 spiro atoms. The minimum absolute atomic E-state index is 0. The lowest BCUT2D eigenvalue weighted by Gasteiger charge is -2.11. The van der Waals surface area contributed by atoms with Gasteiger partial charge in [0.15, 0.2) is 5.96 Å². The number of nitrogens with two attached hydrogens (primary N) is 1. The second-order valence-electron chi connectivity index (χ2n) is 4.84. The minimum atomic E-state index is 0. The molecule has 0 fully saturated rings. The van der Waals surface area contributed by atoms with Crippen LogP contribution in [-0.4, -0.2) is 57.7 Å². The van der Waals surface area contributed by atoms with Gasteiger partial charge in [0, 0.05) is 33.3 Å². The average Bonchev–Trinajstić information content (AvgIpc) is 2.47. The van der Waals surface area contributed by atoms with E-state index < -0.39 is 0 Å². The van der Waals surface area contributed by atoms with Gasteiger partial charge >= 0.3 is 0 Å². The normalized spacial score (nSPS) is 10.8. The van der Waals surface area contributed by atoms with E-state index in [1.165, 1.54) is 0 Å². The van der Waals surface area contributed by atoms with Gasteiger partial charge in [-0.15, -0.1) is 24.0 Å². The zero-order chi connectivity index (χ0) is 15.7. The van der Waals surface area contributed by atoms with Gasteiger partial charge in [0.05, 0.1) is 13.2 Å². The van der Waals surface area contributed by atoms with Crippen molar-refractivity contribution in [1.82, 2.24) is 10.2 Å². The Morgan fingerprint density at radius 1 is 1.41 bits per heavy atom. The molecule has 6 nitrogen and oxygen atoms in total.